The second kappa shape index (κ2) is 8.37. The highest BCUT2D eigenvalue weighted by Gasteiger charge is 2.11. The summed E-state index contributed by atoms with van der Waals surface area (Å²) in [6, 6.07) is 16.7. The standard InChI is InChI=1S/C18H18N2O2S/c1-13-4-2-3-5-16(13)17(21)11-20-18(22)12-23-15-8-6-14(10-19)7-9-15/h2-9,17,21H,11-12H2,1H3,(H,20,22). The van der Waals surface area contributed by atoms with Crippen LogP contribution >= 0.6 is 11.8 Å². The van der Waals surface area contributed by atoms with Gasteiger partial charge in [0.15, 0.2) is 0 Å². The third-order valence-electron chi connectivity index (χ3n) is 3.39. The summed E-state index contributed by atoms with van der Waals surface area (Å²) >= 11 is 1.40. The van der Waals surface area contributed by atoms with Gasteiger partial charge in [-0.3, -0.25) is 4.79 Å². The van der Waals surface area contributed by atoms with Crippen molar-refractivity contribution in [1.29, 1.82) is 5.26 Å². The minimum absolute atomic E-state index is 0.132. The fourth-order valence-electron chi connectivity index (χ4n) is 2.11. The highest BCUT2D eigenvalue weighted by Crippen LogP contribution is 2.19. The third-order valence-corrected chi connectivity index (χ3v) is 4.41. The molecule has 1 unspecified atom stereocenters. The number of carbonyl (C=O) groups is 1. The molecule has 2 aromatic rings. The number of nitriles is 1. The lowest BCUT2D eigenvalue weighted by Gasteiger charge is -2.14. The molecule has 0 aromatic heterocycles. The van der Waals surface area contributed by atoms with Crippen molar-refractivity contribution in [2.45, 2.75) is 17.9 Å². The SMILES string of the molecule is Cc1ccccc1C(O)CNC(=O)CSc1ccc(C#N)cc1. The second-order valence-corrected chi connectivity index (χ2v) is 6.15. The molecule has 2 aromatic carbocycles. The summed E-state index contributed by atoms with van der Waals surface area (Å²) in [7, 11) is 0. The van der Waals surface area contributed by atoms with Gasteiger partial charge in [-0.2, -0.15) is 5.26 Å². The highest BCUT2D eigenvalue weighted by molar-refractivity contribution is 8.00. The molecule has 0 heterocycles. The summed E-state index contributed by atoms with van der Waals surface area (Å²) in [4.78, 5) is 12.8. The Bertz CT molecular complexity index is 708. The van der Waals surface area contributed by atoms with Gasteiger partial charge in [0, 0.05) is 11.4 Å². The predicted octanol–water partition coefficient (Wildman–Crippen LogP) is 2.81. The normalized spacial score (nSPS) is 11.5. The van der Waals surface area contributed by atoms with E-state index in [1.807, 2.05) is 43.3 Å². The maximum atomic E-state index is 11.9. The maximum absolute atomic E-state index is 11.9. The number of hydrogen-bond acceptors (Lipinski definition) is 4. The maximum Gasteiger partial charge on any atom is 0.230 e. The molecule has 0 radical (unpaired) electrons. The minimum atomic E-state index is -0.708. The molecule has 0 saturated heterocycles. The van der Waals surface area contributed by atoms with Crippen molar-refractivity contribution >= 4 is 17.7 Å². The molecule has 23 heavy (non-hydrogen) atoms. The summed E-state index contributed by atoms with van der Waals surface area (Å²) in [5.41, 5.74) is 2.42. The Balaban J connectivity index is 1.78. The molecule has 0 aliphatic rings. The molecule has 0 bridgehead atoms. The average Bonchev–Trinajstić information content (AvgIpc) is 2.58. The molecule has 0 aliphatic heterocycles. The van der Waals surface area contributed by atoms with E-state index in [0.717, 1.165) is 16.0 Å². The molecule has 0 aliphatic carbocycles. The summed E-state index contributed by atoms with van der Waals surface area (Å²) < 4.78 is 0. The van der Waals surface area contributed by atoms with Crippen molar-refractivity contribution in [2.24, 2.45) is 0 Å². The fraction of sp³-hybridized carbons (Fsp3) is 0.222. The molecule has 0 saturated carbocycles. The van der Waals surface area contributed by atoms with Gasteiger partial charge in [-0.05, 0) is 42.3 Å². The Morgan fingerprint density at radius 2 is 1.96 bits per heavy atom. The van der Waals surface area contributed by atoms with Crippen LogP contribution in [0.25, 0.3) is 0 Å². The van der Waals surface area contributed by atoms with E-state index in [-0.39, 0.29) is 18.2 Å². The van der Waals surface area contributed by atoms with Crippen LogP contribution in [0, 0.1) is 18.3 Å². The monoisotopic (exact) mass is 326 g/mol. The van der Waals surface area contributed by atoms with Crippen LogP contribution in [0.4, 0.5) is 0 Å². The summed E-state index contributed by atoms with van der Waals surface area (Å²) in [6.07, 6.45) is -0.708. The molecule has 1 amide bonds. The van der Waals surface area contributed by atoms with Gasteiger partial charge in [-0.1, -0.05) is 24.3 Å². The Morgan fingerprint density at radius 1 is 1.26 bits per heavy atom. The van der Waals surface area contributed by atoms with E-state index in [9.17, 15) is 9.90 Å². The van der Waals surface area contributed by atoms with Crippen molar-refractivity contribution in [2.75, 3.05) is 12.3 Å². The summed E-state index contributed by atoms with van der Waals surface area (Å²) in [5, 5.41) is 21.6. The van der Waals surface area contributed by atoms with E-state index in [1.165, 1.54) is 11.8 Å². The number of nitrogens with zero attached hydrogens (tertiary/aromatic N) is 1. The lowest BCUT2D eigenvalue weighted by molar-refractivity contribution is -0.119. The third kappa shape index (κ3) is 5.13. The van der Waals surface area contributed by atoms with E-state index in [0.29, 0.717) is 5.56 Å². The van der Waals surface area contributed by atoms with Crippen LogP contribution in [0.3, 0.4) is 0 Å². The molecule has 0 fully saturated rings. The van der Waals surface area contributed by atoms with E-state index in [1.54, 1.807) is 12.1 Å². The van der Waals surface area contributed by atoms with Gasteiger partial charge < -0.3 is 10.4 Å². The Hall–Kier alpha value is -2.29. The van der Waals surface area contributed by atoms with Crippen LogP contribution in [0.15, 0.2) is 53.4 Å². The van der Waals surface area contributed by atoms with Crippen molar-refractivity contribution in [3.63, 3.8) is 0 Å². The lowest BCUT2D eigenvalue weighted by Crippen LogP contribution is -2.30. The van der Waals surface area contributed by atoms with Crippen LogP contribution in [0.2, 0.25) is 0 Å². The highest BCUT2D eigenvalue weighted by atomic mass is 32.2. The van der Waals surface area contributed by atoms with Gasteiger partial charge in [-0.15, -0.1) is 11.8 Å². The van der Waals surface area contributed by atoms with Crippen LogP contribution in [-0.2, 0) is 4.79 Å². The molecule has 118 valence electrons. The molecule has 1 atom stereocenters. The van der Waals surface area contributed by atoms with E-state index in [4.69, 9.17) is 5.26 Å². The van der Waals surface area contributed by atoms with Crippen molar-refractivity contribution < 1.29 is 9.90 Å². The number of aliphatic hydroxyl groups excluding tert-OH is 1. The fourth-order valence-corrected chi connectivity index (χ4v) is 2.84. The van der Waals surface area contributed by atoms with Crippen LogP contribution in [-0.4, -0.2) is 23.3 Å². The lowest BCUT2D eigenvalue weighted by atomic mass is 10.0. The topological polar surface area (TPSA) is 73.1 Å². The quantitative estimate of drug-likeness (QED) is 0.801. The predicted molar refractivity (Wildman–Crippen MR) is 91.0 cm³/mol. The number of aliphatic hydroxyl groups is 1. The molecule has 2 N–H and O–H groups in total. The Morgan fingerprint density at radius 3 is 2.61 bits per heavy atom. The van der Waals surface area contributed by atoms with Gasteiger partial charge in [0.2, 0.25) is 5.91 Å². The van der Waals surface area contributed by atoms with Crippen LogP contribution < -0.4 is 5.32 Å². The van der Waals surface area contributed by atoms with E-state index < -0.39 is 6.10 Å². The Kier molecular flexibility index (Phi) is 6.21. The number of amides is 1. The van der Waals surface area contributed by atoms with Gasteiger partial charge in [-0.25, -0.2) is 0 Å². The van der Waals surface area contributed by atoms with Crippen molar-refractivity contribution in [3.8, 4) is 6.07 Å². The number of benzene rings is 2. The number of carbonyl (C=O) groups excluding carboxylic acids is 1. The number of nitrogens with one attached hydrogen (secondary N) is 1. The van der Waals surface area contributed by atoms with Crippen LogP contribution in [0.5, 0.6) is 0 Å². The smallest absolute Gasteiger partial charge is 0.230 e. The van der Waals surface area contributed by atoms with Gasteiger partial charge in [0.25, 0.3) is 0 Å². The number of hydrogen-bond donors (Lipinski definition) is 2. The molecule has 0 spiro atoms. The number of rotatable bonds is 6. The first-order valence-corrected chi connectivity index (χ1v) is 8.22. The second-order valence-electron chi connectivity index (χ2n) is 5.10. The van der Waals surface area contributed by atoms with Gasteiger partial charge in [0.05, 0.1) is 23.5 Å². The number of aryl methyl sites for hydroxylation is 1. The first-order chi connectivity index (χ1) is 11.1. The molecular weight excluding hydrogens is 308 g/mol. The first kappa shape index (κ1) is 17.1. The molecule has 5 heteroatoms. The molecule has 4 nitrogen and oxygen atoms in total. The summed E-state index contributed by atoms with van der Waals surface area (Å²) in [5.74, 6) is 0.138. The zero-order valence-electron chi connectivity index (χ0n) is 12.8. The average molecular weight is 326 g/mol. The zero-order valence-corrected chi connectivity index (χ0v) is 13.6. The van der Waals surface area contributed by atoms with E-state index in [2.05, 4.69) is 11.4 Å². The molecule has 2 rings (SSSR count). The van der Waals surface area contributed by atoms with Gasteiger partial charge in [0.1, 0.15) is 0 Å². The van der Waals surface area contributed by atoms with E-state index >= 15 is 0 Å². The Labute approximate surface area is 140 Å². The molecular formula is C18H18N2O2S. The summed E-state index contributed by atoms with van der Waals surface area (Å²) in [6.45, 7) is 2.12. The first-order valence-electron chi connectivity index (χ1n) is 7.23. The van der Waals surface area contributed by atoms with Crippen molar-refractivity contribution in [3.05, 3.63) is 65.2 Å². The number of thioether (sulfide) groups is 1. The largest absolute Gasteiger partial charge is 0.387 e. The van der Waals surface area contributed by atoms with Crippen molar-refractivity contribution in [1.82, 2.24) is 5.32 Å². The zero-order chi connectivity index (χ0) is 16.7. The van der Waals surface area contributed by atoms with Gasteiger partial charge >= 0.3 is 0 Å². The minimum Gasteiger partial charge on any atom is -0.387 e. The van der Waals surface area contributed by atoms with Crippen LogP contribution in [0.1, 0.15) is 22.8 Å².